The summed E-state index contributed by atoms with van der Waals surface area (Å²) in [5.41, 5.74) is 5.07. The van der Waals surface area contributed by atoms with E-state index < -0.39 is 29.7 Å². The Labute approximate surface area is 205 Å². The van der Waals surface area contributed by atoms with E-state index >= 15 is 0 Å². The minimum absolute atomic E-state index is 0.204. The van der Waals surface area contributed by atoms with Gasteiger partial charge >= 0.3 is 5.97 Å². The number of esters is 1. The largest absolute Gasteiger partial charge is 0.550 e. The van der Waals surface area contributed by atoms with Gasteiger partial charge in [0, 0.05) is 22.8 Å². The van der Waals surface area contributed by atoms with Crippen LogP contribution in [0.3, 0.4) is 0 Å². The molecule has 0 saturated carbocycles. The normalized spacial score (nSPS) is 18.0. The first-order chi connectivity index (χ1) is 16.3. The Hall–Kier alpha value is -2.93. The van der Waals surface area contributed by atoms with Crippen LogP contribution in [-0.4, -0.2) is 24.5 Å². The van der Waals surface area contributed by atoms with Crippen molar-refractivity contribution in [3.8, 4) is 11.1 Å². The van der Waals surface area contributed by atoms with Crippen LogP contribution < -0.4 is 10.4 Å². The summed E-state index contributed by atoms with van der Waals surface area (Å²) in [4.78, 5) is 37.8. The van der Waals surface area contributed by atoms with E-state index in [-0.39, 0.29) is 13.0 Å². The molecule has 1 aromatic heterocycles. The van der Waals surface area contributed by atoms with Gasteiger partial charge in [-0.05, 0) is 57.6 Å². The summed E-state index contributed by atoms with van der Waals surface area (Å²) in [5.74, 6) is -3.82. The molecule has 0 fully saturated rings. The molecule has 34 heavy (non-hydrogen) atoms. The lowest BCUT2D eigenvalue weighted by molar-refractivity contribution is -0.313. The second-order valence-electron chi connectivity index (χ2n) is 8.86. The van der Waals surface area contributed by atoms with E-state index in [4.69, 9.17) is 4.74 Å². The molecule has 1 amide bonds. The van der Waals surface area contributed by atoms with E-state index in [9.17, 15) is 19.5 Å². The van der Waals surface area contributed by atoms with Crippen LogP contribution in [0.5, 0.6) is 0 Å². The molecular formula is C27H32NO5S-. The first kappa shape index (κ1) is 25.7. The number of benzene rings is 1. The predicted molar refractivity (Wildman–Crippen MR) is 133 cm³/mol. The standard InChI is InChI=1S/C27H33NO5S/c1-5-7-8-18-9-11-19(12-10-18)22-15-34-25(23(22)27(32)33-6-2)28-24(29)20-13-16(3)17(4)14-21(20)26(30)31/h9-12,15,20-21H,5-8,13-14H2,1-4H3,(H,28,29)(H,30,31)/p-1/t20-,21+/m0/s1. The van der Waals surface area contributed by atoms with Crippen LogP contribution in [0.4, 0.5) is 5.00 Å². The number of carboxylic acid groups (broad SMARTS) is 1. The van der Waals surface area contributed by atoms with Crippen LogP contribution >= 0.6 is 11.3 Å². The zero-order chi connectivity index (χ0) is 24.8. The van der Waals surface area contributed by atoms with Gasteiger partial charge in [0.05, 0.1) is 12.5 Å². The summed E-state index contributed by atoms with van der Waals surface area (Å²) in [6.45, 7) is 7.89. The molecule has 0 saturated heterocycles. The van der Waals surface area contributed by atoms with Crippen molar-refractivity contribution in [2.45, 2.75) is 59.8 Å². The number of unbranched alkanes of at least 4 members (excludes halogenated alkanes) is 1. The molecule has 3 rings (SSSR count). The molecule has 1 heterocycles. The number of hydrogen-bond acceptors (Lipinski definition) is 6. The van der Waals surface area contributed by atoms with Crippen molar-refractivity contribution >= 4 is 34.2 Å². The van der Waals surface area contributed by atoms with E-state index in [0.29, 0.717) is 22.5 Å². The molecular weight excluding hydrogens is 450 g/mol. The number of rotatable bonds is 9. The molecule has 0 aliphatic heterocycles. The van der Waals surface area contributed by atoms with Gasteiger partial charge in [0.15, 0.2) is 0 Å². The Morgan fingerprint density at radius 2 is 1.71 bits per heavy atom. The first-order valence-electron chi connectivity index (χ1n) is 11.8. The summed E-state index contributed by atoms with van der Waals surface area (Å²) in [6.07, 6.45) is 3.88. The molecule has 6 nitrogen and oxygen atoms in total. The Balaban J connectivity index is 1.91. The molecule has 2 atom stereocenters. The van der Waals surface area contributed by atoms with Gasteiger partial charge in [-0.2, -0.15) is 0 Å². The van der Waals surface area contributed by atoms with Gasteiger partial charge in [-0.1, -0.05) is 48.8 Å². The highest BCUT2D eigenvalue weighted by atomic mass is 32.1. The molecule has 182 valence electrons. The van der Waals surface area contributed by atoms with Gasteiger partial charge in [0.2, 0.25) is 5.91 Å². The van der Waals surface area contributed by atoms with Gasteiger partial charge in [0.25, 0.3) is 0 Å². The Kier molecular flexibility index (Phi) is 8.67. The third-order valence-electron chi connectivity index (χ3n) is 6.50. The number of hydrogen-bond donors (Lipinski definition) is 1. The molecule has 0 unspecified atom stereocenters. The van der Waals surface area contributed by atoms with Gasteiger partial charge in [-0.25, -0.2) is 4.79 Å². The Morgan fingerprint density at radius 1 is 1.06 bits per heavy atom. The monoisotopic (exact) mass is 482 g/mol. The van der Waals surface area contributed by atoms with E-state index in [1.54, 1.807) is 6.92 Å². The molecule has 1 aliphatic rings. The summed E-state index contributed by atoms with van der Waals surface area (Å²) in [7, 11) is 0. The average molecular weight is 483 g/mol. The third kappa shape index (κ3) is 5.76. The van der Waals surface area contributed by atoms with Crippen LogP contribution in [0.25, 0.3) is 11.1 Å². The smallest absolute Gasteiger partial charge is 0.341 e. The summed E-state index contributed by atoms with van der Waals surface area (Å²) in [6, 6.07) is 8.07. The third-order valence-corrected chi connectivity index (χ3v) is 7.39. The number of nitrogens with one attached hydrogen (secondary N) is 1. The molecule has 0 radical (unpaired) electrons. The van der Waals surface area contributed by atoms with Gasteiger partial charge < -0.3 is 20.0 Å². The zero-order valence-corrected chi connectivity index (χ0v) is 21.1. The summed E-state index contributed by atoms with van der Waals surface area (Å²) in [5, 5.41) is 16.8. The highest BCUT2D eigenvalue weighted by molar-refractivity contribution is 7.15. The quantitative estimate of drug-likeness (QED) is 0.401. The number of carbonyl (C=O) groups is 3. The first-order valence-corrected chi connectivity index (χ1v) is 12.7. The Morgan fingerprint density at radius 3 is 2.29 bits per heavy atom. The van der Waals surface area contributed by atoms with Crippen LogP contribution in [0.15, 0.2) is 40.8 Å². The Bertz CT molecular complexity index is 1080. The van der Waals surface area contributed by atoms with Crippen molar-refractivity contribution in [2.24, 2.45) is 11.8 Å². The number of aryl methyl sites for hydroxylation is 1. The van der Waals surface area contributed by atoms with Crippen LogP contribution in [-0.2, 0) is 20.7 Å². The molecule has 0 spiro atoms. The lowest BCUT2D eigenvalue weighted by Crippen LogP contribution is -2.42. The number of amides is 1. The molecule has 0 bridgehead atoms. The lowest BCUT2D eigenvalue weighted by atomic mass is 9.76. The topological polar surface area (TPSA) is 95.5 Å². The lowest BCUT2D eigenvalue weighted by Gasteiger charge is -2.32. The number of aliphatic carboxylic acids is 1. The maximum absolute atomic E-state index is 13.2. The van der Waals surface area contributed by atoms with Gasteiger partial charge in [0.1, 0.15) is 10.6 Å². The fourth-order valence-electron chi connectivity index (χ4n) is 4.32. The maximum atomic E-state index is 13.2. The van der Waals surface area contributed by atoms with E-state index in [0.717, 1.165) is 36.0 Å². The van der Waals surface area contributed by atoms with Crippen molar-refractivity contribution in [3.05, 3.63) is 51.9 Å². The fraction of sp³-hybridized carbons (Fsp3) is 0.444. The van der Waals surface area contributed by atoms with Crippen LogP contribution in [0.1, 0.15) is 69.3 Å². The van der Waals surface area contributed by atoms with Crippen LogP contribution in [0.2, 0.25) is 0 Å². The van der Waals surface area contributed by atoms with E-state index in [2.05, 4.69) is 24.4 Å². The zero-order valence-electron chi connectivity index (χ0n) is 20.2. The van der Waals surface area contributed by atoms with Crippen molar-refractivity contribution in [3.63, 3.8) is 0 Å². The molecule has 1 aromatic carbocycles. The van der Waals surface area contributed by atoms with Gasteiger partial charge in [-0.3, -0.25) is 4.79 Å². The number of carboxylic acids is 1. The summed E-state index contributed by atoms with van der Waals surface area (Å²) < 4.78 is 5.29. The second kappa shape index (κ2) is 11.5. The van der Waals surface area contributed by atoms with Gasteiger partial charge in [-0.15, -0.1) is 11.3 Å². The number of anilines is 1. The number of carbonyl (C=O) groups excluding carboxylic acids is 3. The average Bonchev–Trinajstić information content (AvgIpc) is 3.23. The SMILES string of the molecule is CCCCc1ccc(-c2csc(NC(=O)[C@H]3CC(C)=C(C)C[C@H]3C(=O)[O-])c2C(=O)OCC)cc1. The molecule has 7 heteroatoms. The van der Waals surface area contributed by atoms with E-state index in [1.807, 2.05) is 31.4 Å². The van der Waals surface area contributed by atoms with E-state index in [1.165, 1.54) is 16.9 Å². The highest BCUT2D eigenvalue weighted by Gasteiger charge is 2.34. The number of ether oxygens (including phenoxy) is 1. The van der Waals surface area contributed by atoms with Crippen molar-refractivity contribution in [1.29, 1.82) is 0 Å². The molecule has 2 aromatic rings. The van der Waals surface area contributed by atoms with Crippen LogP contribution in [0, 0.1) is 11.8 Å². The van der Waals surface area contributed by atoms with Crippen molar-refractivity contribution in [2.75, 3.05) is 11.9 Å². The molecule has 1 N–H and O–H groups in total. The number of thiophene rings is 1. The summed E-state index contributed by atoms with van der Waals surface area (Å²) >= 11 is 1.24. The maximum Gasteiger partial charge on any atom is 0.341 e. The molecule has 1 aliphatic carbocycles. The second-order valence-corrected chi connectivity index (χ2v) is 9.74. The van der Waals surface area contributed by atoms with Crippen molar-refractivity contribution < 1.29 is 24.2 Å². The van der Waals surface area contributed by atoms with Crippen molar-refractivity contribution in [1.82, 2.24) is 0 Å². The number of allylic oxidation sites excluding steroid dienone is 2. The highest BCUT2D eigenvalue weighted by Crippen LogP contribution is 2.39. The predicted octanol–water partition coefficient (Wildman–Crippen LogP) is 4.99. The minimum atomic E-state index is -1.23. The minimum Gasteiger partial charge on any atom is -0.550 e. The fourth-order valence-corrected chi connectivity index (χ4v) is 5.28.